The zero-order chi connectivity index (χ0) is 20.2. The van der Waals surface area contributed by atoms with E-state index in [1.165, 1.54) is 0 Å². The second-order valence-corrected chi connectivity index (χ2v) is 6.33. The molecule has 144 valence electrons. The van der Waals surface area contributed by atoms with Crippen LogP contribution in [0.1, 0.15) is 20.9 Å². The standard InChI is InChI=1S/C23H18N2O4/c1-28-20-9-5-3-7-18(20)25-22(26)15-10-12-17(13-11-15)24-23(27)21-14-16-6-2-4-8-19(16)29-21/h2-14H,1H3,(H,24,27)(H,25,26). The summed E-state index contributed by atoms with van der Waals surface area (Å²) < 4.78 is 10.8. The minimum atomic E-state index is -0.354. The summed E-state index contributed by atoms with van der Waals surface area (Å²) in [6.45, 7) is 0. The molecule has 6 heteroatoms. The van der Waals surface area contributed by atoms with E-state index >= 15 is 0 Å². The van der Waals surface area contributed by atoms with E-state index < -0.39 is 0 Å². The van der Waals surface area contributed by atoms with Crippen molar-refractivity contribution in [3.63, 3.8) is 0 Å². The molecule has 2 N–H and O–H groups in total. The molecule has 0 fully saturated rings. The van der Waals surface area contributed by atoms with Gasteiger partial charge in [-0.3, -0.25) is 9.59 Å². The first kappa shape index (κ1) is 18.3. The molecule has 0 bridgehead atoms. The molecule has 3 aromatic carbocycles. The maximum Gasteiger partial charge on any atom is 0.291 e. The SMILES string of the molecule is COc1ccccc1NC(=O)c1ccc(NC(=O)c2cc3ccccc3o2)cc1. The zero-order valence-electron chi connectivity index (χ0n) is 15.6. The molecule has 4 aromatic rings. The Hall–Kier alpha value is -4.06. The molecule has 29 heavy (non-hydrogen) atoms. The number of amides is 2. The van der Waals surface area contributed by atoms with E-state index in [0.717, 1.165) is 5.39 Å². The first-order valence-electron chi connectivity index (χ1n) is 8.98. The Kier molecular flexibility index (Phi) is 4.99. The van der Waals surface area contributed by atoms with Crippen LogP contribution in [-0.4, -0.2) is 18.9 Å². The Morgan fingerprint density at radius 1 is 0.828 bits per heavy atom. The van der Waals surface area contributed by atoms with Crippen molar-refractivity contribution in [2.75, 3.05) is 17.7 Å². The highest BCUT2D eigenvalue weighted by atomic mass is 16.5. The molecule has 0 unspecified atom stereocenters. The molecule has 1 heterocycles. The van der Waals surface area contributed by atoms with Crippen molar-refractivity contribution in [1.82, 2.24) is 0 Å². The van der Waals surface area contributed by atoms with Crippen LogP contribution >= 0.6 is 0 Å². The van der Waals surface area contributed by atoms with Gasteiger partial charge in [0, 0.05) is 16.6 Å². The topological polar surface area (TPSA) is 80.6 Å². The Labute approximate surface area is 167 Å². The number of benzene rings is 3. The molecule has 1 aromatic heterocycles. The van der Waals surface area contributed by atoms with Gasteiger partial charge in [-0.25, -0.2) is 0 Å². The van der Waals surface area contributed by atoms with E-state index in [1.54, 1.807) is 55.6 Å². The molecule has 0 aliphatic rings. The number of carbonyl (C=O) groups is 2. The van der Waals surface area contributed by atoms with Gasteiger partial charge in [-0.15, -0.1) is 0 Å². The van der Waals surface area contributed by atoms with Crippen molar-refractivity contribution in [1.29, 1.82) is 0 Å². The van der Waals surface area contributed by atoms with Gasteiger partial charge in [0.05, 0.1) is 12.8 Å². The number of methoxy groups -OCH3 is 1. The van der Waals surface area contributed by atoms with Crippen LogP contribution in [0.5, 0.6) is 5.75 Å². The molecule has 0 saturated carbocycles. The Bertz CT molecular complexity index is 1150. The van der Waals surface area contributed by atoms with E-state index in [4.69, 9.17) is 9.15 Å². The number of fused-ring (bicyclic) bond motifs is 1. The summed E-state index contributed by atoms with van der Waals surface area (Å²) in [7, 11) is 1.55. The summed E-state index contributed by atoms with van der Waals surface area (Å²) >= 11 is 0. The average molecular weight is 386 g/mol. The molecule has 6 nitrogen and oxygen atoms in total. The summed E-state index contributed by atoms with van der Waals surface area (Å²) in [5.41, 5.74) is 2.25. The van der Waals surface area contributed by atoms with E-state index in [0.29, 0.717) is 28.3 Å². The molecule has 4 rings (SSSR count). The molecular formula is C23H18N2O4. The fraction of sp³-hybridized carbons (Fsp3) is 0.0435. The number of nitrogens with one attached hydrogen (secondary N) is 2. The third-order valence-corrected chi connectivity index (χ3v) is 4.41. The summed E-state index contributed by atoms with van der Waals surface area (Å²) in [5.74, 6) is 0.178. The Morgan fingerprint density at radius 2 is 1.55 bits per heavy atom. The second kappa shape index (κ2) is 7.90. The van der Waals surface area contributed by atoms with Crippen LogP contribution in [0.25, 0.3) is 11.0 Å². The highest BCUT2D eigenvalue weighted by Crippen LogP contribution is 2.24. The fourth-order valence-corrected chi connectivity index (χ4v) is 2.93. The van der Waals surface area contributed by atoms with Crippen molar-refractivity contribution in [3.8, 4) is 5.75 Å². The van der Waals surface area contributed by atoms with Gasteiger partial charge in [0.2, 0.25) is 0 Å². The van der Waals surface area contributed by atoms with Crippen molar-refractivity contribution < 1.29 is 18.7 Å². The van der Waals surface area contributed by atoms with Crippen molar-refractivity contribution in [3.05, 3.63) is 90.2 Å². The molecule has 0 saturated heterocycles. The highest BCUT2D eigenvalue weighted by molar-refractivity contribution is 6.06. The molecule has 2 amide bonds. The third-order valence-electron chi connectivity index (χ3n) is 4.41. The smallest absolute Gasteiger partial charge is 0.291 e. The largest absolute Gasteiger partial charge is 0.495 e. The number of hydrogen-bond donors (Lipinski definition) is 2. The summed E-state index contributed by atoms with van der Waals surface area (Å²) in [6.07, 6.45) is 0. The molecule has 0 spiro atoms. The van der Waals surface area contributed by atoms with Crippen LogP contribution in [0, 0.1) is 0 Å². The number of furan rings is 1. The average Bonchev–Trinajstić information content (AvgIpc) is 3.19. The Balaban J connectivity index is 1.44. The molecule has 0 radical (unpaired) electrons. The first-order valence-corrected chi connectivity index (χ1v) is 8.98. The monoisotopic (exact) mass is 386 g/mol. The van der Waals surface area contributed by atoms with Gasteiger partial charge in [0.15, 0.2) is 5.76 Å². The minimum absolute atomic E-state index is 0.226. The highest BCUT2D eigenvalue weighted by Gasteiger charge is 2.13. The Morgan fingerprint density at radius 3 is 2.31 bits per heavy atom. The quantitative estimate of drug-likeness (QED) is 0.509. The molecule has 0 aliphatic heterocycles. The number of para-hydroxylation sites is 3. The van der Waals surface area contributed by atoms with Gasteiger partial charge in [-0.1, -0.05) is 30.3 Å². The van der Waals surface area contributed by atoms with Crippen LogP contribution in [0.3, 0.4) is 0 Å². The van der Waals surface area contributed by atoms with Gasteiger partial charge in [-0.2, -0.15) is 0 Å². The van der Waals surface area contributed by atoms with Gasteiger partial charge in [-0.05, 0) is 48.5 Å². The van der Waals surface area contributed by atoms with Gasteiger partial charge in [0.1, 0.15) is 11.3 Å². The lowest BCUT2D eigenvalue weighted by Crippen LogP contribution is -2.13. The summed E-state index contributed by atoms with van der Waals surface area (Å²) in [4.78, 5) is 24.9. The summed E-state index contributed by atoms with van der Waals surface area (Å²) in [5, 5.41) is 6.44. The maximum atomic E-state index is 12.5. The van der Waals surface area contributed by atoms with Gasteiger partial charge < -0.3 is 19.8 Å². The lowest BCUT2D eigenvalue weighted by Gasteiger charge is -2.10. The number of anilines is 2. The molecule has 0 atom stereocenters. The van der Waals surface area contributed by atoms with E-state index in [-0.39, 0.29) is 17.6 Å². The maximum absolute atomic E-state index is 12.5. The van der Waals surface area contributed by atoms with Crippen LogP contribution in [0.15, 0.2) is 83.3 Å². The van der Waals surface area contributed by atoms with Crippen molar-refractivity contribution in [2.24, 2.45) is 0 Å². The normalized spacial score (nSPS) is 10.5. The molecule has 0 aliphatic carbocycles. The molecular weight excluding hydrogens is 368 g/mol. The van der Waals surface area contributed by atoms with E-state index in [9.17, 15) is 9.59 Å². The van der Waals surface area contributed by atoms with Crippen molar-refractivity contribution in [2.45, 2.75) is 0 Å². The van der Waals surface area contributed by atoms with E-state index in [1.807, 2.05) is 30.3 Å². The number of carbonyl (C=O) groups excluding carboxylic acids is 2. The van der Waals surface area contributed by atoms with E-state index in [2.05, 4.69) is 10.6 Å². The van der Waals surface area contributed by atoms with Crippen LogP contribution in [0.4, 0.5) is 11.4 Å². The van der Waals surface area contributed by atoms with Crippen molar-refractivity contribution >= 4 is 34.2 Å². The number of hydrogen-bond acceptors (Lipinski definition) is 4. The van der Waals surface area contributed by atoms with Gasteiger partial charge in [0.25, 0.3) is 11.8 Å². The van der Waals surface area contributed by atoms with Crippen LogP contribution in [-0.2, 0) is 0 Å². The zero-order valence-corrected chi connectivity index (χ0v) is 15.6. The van der Waals surface area contributed by atoms with Gasteiger partial charge >= 0.3 is 0 Å². The second-order valence-electron chi connectivity index (χ2n) is 6.33. The summed E-state index contributed by atoms with van der Waals surface area (Å²) in [6, 6.07) is 22.9. The number of ether oxygens (including phenoxy) is 1. The van der Waals surface area contributed by atoms with Crippen LogP contribution in [0.2, 0.25) is 0 Å². The first-order chi connectivity index (χ1) is 14.1. The lowest BCUT2D eigenvalue weighted by atomic mass is 10.2. The van der Waals surface area contributed by atoms with Crippen LogP contribution < -0.4 is 15.4 Å². The third kappa shape index (κ3) is 3.96. The predicted octanol–water partition coefficient (Wildman–Crippen LogP) is 4.95. The fourth-order valence-electron chi connectivity index (χ4n) is 2.93. The minimum Gasteiger partial charge on any atom is -0.495 e. The number of rotatable bonds is 5. The predicted molar refractivity (Wildman–Crippen MR) is 112 cm³/mol. The lowest BCUT2D eigenvalue weighted by molar-refractivity contribution is 0.0997.